The van der Waals surface area contributed by atoms with Crippen molar-refractivity contribution < 1.29 is 4.79 Å². The Kier molecular flexibility index (Phi) is 4.08. The van der Waals surface area contributed by atoms with Gasteiger partial charge in [-0.3, -0.25) is 10.1 Å². The van der Waals surface area contributed by atoms with Crippen molar-refractivity contribution >= 4 is 5.91 Å². The van der Waals surface area contributed by atoms with E-state index in [2.05, 4.69) is 31.0 Å². The molecule has 1 aliphatic carbocycles. The predicted octanol–water partition coefficient (Wildman–Crippen LogP) is 2.51. The van der Waals surface area contributed by atoms with Gasteiger partial charge in [0.25, 0.3) is 0 Å². The minimum atomic E-state index is 0.0688. The molecule has 0 aromatic rings. The SMILES string of the molecule is CCC1NC(CC)N(C2CCC(C)CC2)C1=O. The minimum Gasteiger partial charge on any atom is -0.323 e. The van der Waals surface area contributed by atoms with E-state index < -0.39 is 0 Å². The van der Waals surface area contributed by atoms with Crippen LogP contribution in [0.2, 0.25) is 0 Å². The highest BCUT2D eigenvalue weighted by Crippen LogP contribution is 2.31. The van der Waals surface area contributed by atoms with Crippen LogP contribution in [0.4, 0.5) is 0 Å². The molecule has 2 aliphatic rings. The van der Waals surface area contributed by atoms with Crippen LogP contribution in [0.3, 0.4) is 0 Å². The van der Waals surface area contributed by atoms with Crippen molar-refractivity contribution in [2.75, 3.05) is 0 Å². The fraction of sp³-hybridized carbons (Fsp3) is 0.929. The van der Waals surface area contributed by atoms with Crippen LogP contribution in [0.5, 0.6) is 0 Å². The fourth-order valence-electron chi connectivity index (χ4n) is 3.28. The number of carbonyl (C=O) groups excluding carboxylic acids is 1. The van der Waals surface area contributed by atoms with Crippen LogP contribution in [-0.2, 0) is 4.79 Å². The largest absolute Gasteiger partial charge is 0.323 e. The molecule has 0 bridgehead atoms. The maximum absolute atomic E-state index is 12.4. The van der Waals surface area contributed by atoms with Crippen LogP contribution in [-0.4, -0.2) is 29.1 Å². The molecule has 2 unspecified atom stereocenters. The van der Waals surface area contributed by atoms with Gasteiger partial charge in [0.05, 0.1) is 12.2 Å². The molecule has 98 valence electrons. The monoisotopic (exact) mass is 238 g/mol. The Labute approximate surface area is 105 Å². The maximum Gasteiger partial charge on any atom is 0.241 e. The topological polar surface area (TPSA) is 32.3 Å². The lowest BCUT2D eigenvalue weighted by Crippen LogP contribution is -2.45. The van der Waals surface area contributed by atoms with Crippen LogP contribution >= 0.6 is 0 Å². The second-order valence-electron chi connectivity index (χ2n) is 5.71. The third-order valence-electron chi connectivity index (χ3n) is 4.46. The Morgan fingerprint density at radius 1 is 1.18 bits per heavy atom. The molecular weight excluding hydrogens is 212 g/mol. The van der Waals surface area contributed by atoms with Gasteiger partial charge in [0.15, 0.2) is 0 Å². The second-order valence-corrected chi connectivity index (χ2v) is 5.71. The normalized spacial score (nSPS) is 38.8. The van der Waals surface area contributed by atoms with Crippen molar-refractivity contribution in [1.29, 1.82) is 0 Å². The summed E-state index contributed by atoms with van der Waals surface area (Å²) in [5.41, 5.74) is 0. The molecule has 1 saturated heterocycles. The molecule has 1 aliphatic heterocycles. The molecule has 17 heavy (non-hydrogen) atoms. The zero-order valence-electron chi connectivity index (χ0n) is 11.4. The van der Waals surface area contributed by atoms with Gasteiger partial charge >= 0.3 is 0 Å². The molecule has 2 fully saturated rings. The standard InChI is InChI=1S/C14H26N2O/c1-4-12-14(17)16(13(5-2)15-12)11-8-6-10(3)7-9-11/h10-13,15H,4-9H2,1-3H3. The summed E-state index contributed by atoms with van der Waals surface area (Å²) >= 11 is 0. The minimum absolute atomic E-state index is 0.0688. The predicted molar refractivity (Wildman–Crippen MR) is 69.6 cm³/mol. The van der Waals surface area contributed by atoms with Gasteiger partial charge < -0.3 is 4.90 Å². The van der Waals surface area contributed by atoms with Crippen molar-refractivity contribution in [3.63, 3.8) is 0 Å². The van der Waals surface area contributed by atoms with E-state index in [-0.39, 0.29) is 12.2 Å². The van der Waals surface area contributed by atoms with E-state index in [0.29, 0.717) is 11.9 Å². The molecule has 2 rings (SSSR count). The summed E-state index contributed by atoms with van der Waals surface area (Å²) in [4.78, 5) is 14.5. The molecule has 1 saturated carbocycles. The van der Waals surface area contributed by atoms with Crippen LogP contribution in [0.1, 0.15) is 59.3 Å². The van der Waals surface area contributed by atoms with Crippen molar-refractivity contribution in [3.8, 4) is 0 Å². The summed E-state index contributed by atoms with van der Waals surface area (Å²) in [5.74, 6) is 1.19. The van der Waals surface area contributed by atoms with Gasteiger partial charge in [0, 0.05) is 6.04 Å². The van der Waals surface area contributed by atoms with E-state index in [1.807, 2.05) is 0 Å². The van der Waals surface area contributed by atoms with Crippen LogP contribution in [0.25, 0.3) is 0 Å². The Hall–Kier alpha value is -0.570. The third-order valence-corrected chi connectivity index (χ3v) is 4.46. The fourth-order valence-corrected chi connectivity index (χ4v) is 3.28. The first-order chi connectivity index (χ1) is 8.17. The van der Waals surface area contributed by atoms with E-state index in [9.17, 15) is 4.79 Å². The van der Waals surface area contributed by atoms with Gasteiger partial charge in [0.1, 0.15) is 0 Å². The zero-order valence-corrected chi connectivity index (χ0v) is 11.4. The Morgan fingerprint density at radius 3 is 2.35 bits per heavy atom. The first-order valence-electron chi connectivity index (χ1n) is 7.25. The lowest BCUT2D eigenvalue weighted by molar-refractivity contribution is -0.133. The molecule has 3 heteroatoms. The molecule has 0 radical (unpaired) electrons. The molecule has 1 amide bonds. The lowest BCUT2D eigenvalue weighted by Gasteiger charge is -2.36. The highest BCUT2D eigenvalue weighted by atomic mass is 16.2. The Balaban J connectivity index is 2.04. The molecular formula is C14H26N2O. The van der Waals surface area contributed by atoms with Crippen molar-refractivity contribution in [1.82, 2.24) is 10.2 Å². The zero-order chi connectivity index (χ0) is 12.4. The van der Waals surface area contributed by atoms with Gasteiger partial charge in [-0.25, -0.2) is 0 Å². The van der Waals surface area contributed by atoms with Crippen LogP contribution in [0.15, 0.2) is 0 Å². The number of nitrogens with one attached hydrogen (secondary N) is 1. The number of carbonyl (C=O) groups is 1. The van der Waals surface area contributed by atoms with Gasteiger partial charge in [-0.2, -0.15) is 0 Å². The first kappa shape index (κ1) is 12.9. The number of nitrogens with zero attached hydrogens (tertiary/aromatic N) is 1. The number of hydrogen-bond acceptors (Lipinski definition) is 2. The summed E-state index contributed by atoms with van der Waals surface area (Å²) in [7, 11) is 0. The third kappa shape index (κ3) is 2.49. The lowest BCUT2D eigenvalue weighted by atomic mass is 9.86. The molecule has 0 aromatic carbocycles. The summed E-state index contributed by atoms with van der Waals surface area (Å²) in [6.45, 7) is 6.59. The van der Waals surface area contributed by atoms with Crippen molar-refractivity contribution in [2.24, 2.45) is 5.92 Å². The van der Waals surface area contributed by atoms with Gasteiger partial charge in [-0.05, 0) is 44.4 Å². The van der Waals surface area contributed by atoms with E-state index in [1.165, 1.54) is 25.7 Å². The van der Waals surface area contributed by atoms with Crippen molar-refractivity contribution in [3.05, 3.63) is 0 Å². The van der Waals surface area contributed by atoms with E-state index in [4.69, 9.17) is 0 Å². The average molecular weight is 238 g/mol. The highest BCUT2D eigenvalue weighted by Gasteiger charge is 2.41. The molecule has 3 nitrogen and oxygen atoms in total. The molecule has 1 heterocycles. The number of hydrogen-bond donors (Lipinski definition) is 1. The van der Waals surface area contributed by atoms with E-state index >= 15 is 0 Å². The van der Waals surface area contributed by atoms with E-state index in [0.717, 1.165) is 18.8 Å². The molecule has 0 aromatic heterocycles. The smallest absolute Gasteiger partial charge is 0.241 e. The molecule has 1 N–H and O–H groups in total. The van der Waals surface area contributed by atoms with Crippen LogP contribution < -0.4 is 5.32 Å². The summed E-state index contributed by atoms with van der Waals surface area (Å²) in [5, 5.41) is 3.48. The molecule has 2 atom stereocenters. The number of amides is 1. The quantitative estimate of drug-likeness (QED) is 0.819. The Bertz CT molecular complexity index is 271. The number of rotatable bonds is 3. The van der Waals surface area contributed by atoms with E-state index in [1.54, 1.807) is 0 Å². The van der Waals surface area contributed by atoms with Crippen LogP contribution in [0, 0.1) is 5.92 Å². The second kappa shape index (κ2) is 5.38. The highest BCUT2D eigenvalue weighted by molar-refractivity contribution is 5.84. The average Bonchev–Trinajstić information content (AvgIpc) is 2.67. The van der Waals surface area contributed by atoms with Gasteiger partial charge in [0.2, 0.25) is 5.91 Å². The summed E-state index contributed by atoms with van der Waals surface area (Å²) < 4.78 is 0. The summed E-state index contributed by atoms with van der Waals surface area (Å²) in [6, 6.07) is 0.562. The Morgan fingerprint density at radius 2 is 1.82 bits per heavy atom. The summed E-state index contributed by atoms with van der Waals surface area (Å²) in [6.07, 6.45) is 7.17. The maximum atomic E-state index is 12.4. The van der Waals surface area contributed by atoms with Gasteiger partial charge in [-0.15, -0.1) is 0 Å². The van der Waals surface area contributed by atoms with Crippen molar-refractivity contribution in [2.45, 2.75) is 77.5 Å². The van der Waals surface area contributed by atoms with Gasteiger partial charge in [-0.1, -0.05) is 20.8 Å². The molecule has 0 spiro atoms. The first-order valence-corrected chi connectivity index (χ1v) is 7.25.